The molecule has 0 aliphatic carbocycles. The number of hydrogen-bond donors (Lipinski definition) is 1. The Balaban J connectivity index is 2.06. The Bertz CT molecular complexity index is 572. The van der Waals surface area contributed by atoms with Gasteiger partial charge in [-0.05, 0) is 23.8 Å². The van der Waals surface area contributed by atoms with Crippen molar-refractivity contribution in [2.75, 3.05) is 0 Å². The van der Waals surface area contributed by atoms with Crippen LogP contribution in [0.3, 0.4) is 0 Å². The molecule has 0 radical (unpaired) electrons. The molecular formula is C13H10ClNO3. The lowest BCUT2D eigenvalue weighted by molar-refractivity contribution is 0.0696. The summed E-state index contributed by atoms with van der Waals surface area (Å²) in [4.78, 5) is 14.7. The molecule has 0 bridgehead atoms. The lowest BCUT2D eigenvalue weighted by Crippen LogP contribution is -2.00. The van der Waals surface area contributed by atoms with Crippen LogP contribution in [0.5, 0.6) is 5.88 Å². The van der Waals surface area contributed by atoms with Crippen molar-refractivity contribution in [1.82, 2.24) is 4.98 Å². The molecular weight excluding hydrogens is 254 g/mol. The van der Waals surface area contributed by atoms with Gasteiger partial charge in [0, 0.05) is 17.3 Å². The summed E-state index contributed by atoms with van der Waals surface area (Å²) in [5.74, 6) is -0.736. The molecule has 5 heteroatoms. The van der Waals surface area contributed by atoms with Crippen LogP contribution in [0.15, 0.2) is 42.6 Å². The second kappa shape index (κ2) is 5.51. The third-order valence-electron chi connectivity index (χ3n) is 2.26. The number of rotatable bonds is 4. The first-order valence-corrected chi connectivity index (χ1v) is 5.59. The van der Waals surface area contributed by atoms with E-state index in [4.69, 9.17) is 21.4 Å². The summed E-state index contributed by atoms with van der Waals surface area (Å²) < 4.78 is 5.40. The maximum absolute atomic E-state index is 10.8. The number of nitrogens with zero attached hydrogens (tertiary/aromatic N) is 1. The number of benzene rings is 1. The highest BCUT2D eigenvalue weighted by atomic mass is 35.5. The van der Waals surface area contributed by atoms with Crippen molar-refractivity contribution in [3.63, 3.8) is 0 Å². The average molecular weight is 264 g/mol. The van der Waals surface area contributed by atoms with Gasteiger partial charge in [0.1, 0.15) is 6.61 Å². The normalized spacial score (nSPS) is 10.1. The maximum atomic E-state index is 10.8. The minimum Gasteiger partial charge on any atom is -0.478 e. The van der Waals surface area contributed by atoms with Crippen molar-refractivity contribution in [1.29, 1.82) is 0 Å². The van der Waals surface area contributed by atoms with E-state index in [1.807, 2.05) is 12.1 Å². The Morgan fingerprint density at radius 3 is 2.89 bits per heavy atom. The SMILES string of the molecule is O=C(O)c1ccnc(OCc2cccc(Cl)c2)c1. The summed E-state index contributed by atoms with van der Waals surface area (Å²) in [6.45, 7) is 0.288. The smallest absolute Gasteiger partial charge is 0.335 e. The van der Waals surface area contributed by atoms with Crippen molar-refractivity contribution in [2.24, 2.45) is 0 Å². The van der Waals surface area contributed by atoms with Crippen LogP contribution in [0.4, 0.5) is 0 Å². The third kappa shape index (κ3) is 3.21. The fourth-order valence-corrected chi connectivity index (χ4v) is 1.62. The molecule has 0 atom stereocenters. The molecule has 92 valence electrons. The summed E-state index contributed by atoms with van der Waals surface area (Å²) >= 11 is 5.84. The molecule has 18 heavy (non-hydrogen) atoms. The van der Waals surface area contributed by atoms with Crippen LogP contribution in [0.1, 0.15) is 15.9 Å². The van der Waals surface area contributed by atoms with Gasteiger partial charge in [-0.1, -0.05) is 23.7 Å². The minimum atomic E-state index is -1.01. The molecule has 0 fully saturated rings. The summed E-state index contributed by atoms with van der Waals surface area (Å²) in [5.41, 5.74) is 1.04. The highest BCUT2D eigenvalue weighted by molar-refractivity contribution is 6.30. The lowest BCUT2D eigenvalue weighted by Gasteiger charge is -2.06. The predicted octanol–water partition coefficient (Wildman–Crippen LogP) is 3.01. The molecule has 0 spiro atoms. The van der Waals surface area contributed by atoms with Gasteiger partial charge in [-0.25, -0.2) is 9.78 Å². The third-order valence-corrected chi connectivity index (χ3v) is 2.49. The van der Waals surface area contributed by atoms with E-state index >= 15 is 0 Å². The van der Waals surface area contributed by atoms with Gasteiger partial charge in [0.2, 0.25) is 5.88 Å². The topological polar surface area (TPSA) is 59.4 Å². The van der Waals surface area contributed by atoms with E-state index in [9.17, 15) is 4.79 Å². The van der Waals surface area contributed by atoms with Crippen LogP contribution < -0.4 is 4.74 Å². The number of pyridine rings is 1. The molecule has 0 amide bonds. The molecule has 0 aliphatic rings. The van der Waals surface area contributed by atoms with E-state index in [2.05, 4.69) is 4.98 Å². The Kier molecular flexibility index (Phi) is 3.79. The fraction of sp³-hybridized carbons (Fsp3) is 0.0769. The number of aromatic carboxylic acids is 1. The zero-order chi connectivity index (χ0) is 13.0. The fourth-order valence-electron chi connectivity index (χ4n) is 1.41. The van der Waals surface area contributed by atoms with Crippen LogP contribution >= 0.6 is 11.6 Å². The molecule has 0 aliphatic heterocycles. The Morgan fingerprint density at radius 1 is 1.33 bits per heavy atom. The van der Waals surface area contributed by atoms with Gasteiger partial charge in [0.15, 0.2) is 0 Å². The summed E-state index contributed by atoms with van der Waals surface area (Å²) in [5, 5.41) is 9.46. The largest absolute Gasteiger partial charge is 0.478 e. The molecule has 1 aromatic carbocycles. The zero-order valence-corrected chi connectivity index (χ0v) is 10.1. The van der Waals surface area contributed by atoms with E-state index in [1.54, 1.807) is 12.1 Å². The van der Waals surface area contributed by atoms with Gasteiger partial charge in [-0.3, -0.25) is 0 Å². The van der Waals surface area contributed by atoms with E-state index in [0.29, 0.717) is 5.02 Å². The predicted molar refractivity (Wildman–Crippen MR) is 67.0 cm³/mol. The molecule has 1 aromatic heterocycles. The summed E-state index contributed by atoms with van der Waals surface area (Å²) in [6, 6.07) is 10.0. The molecule has 4 nitrogen and oxygen atoms in total. The lowest BCUT2D eigenvalue weighted by atomic mass is 10.2. The van der Waals surface area contributed by atoms with Gasteiger partial charge in [-0.2, -0.15) is 0 Å². The summed E-state index contributed by atoms with van der Waals surface area (Å²) in [6.07, 6.45) is 1.40. The van der Waals surface area contributed by atoms with Crippen LogP contribution in [0.2, 0.25) is 5.02 Å². The number of carboxylic acid groups (broad SMARTS) is 1. The molecule has 0 saturated carbocycles. The Morgan fingerprint density at radius 2 is 2.17 bits per heavy atom. The molecule has 1 N–H and O–H groups in total. The van der Waals surface area contributed by atoms with Gasteiger partial charge in [0.05, 0.1) is 5.56 Å². The number of halogens is 1. The Labute approximate surface area is 109 Å². The van der Waals surface area contributed by atoms with Crippen LogP contribution in [0, 0.1) is 0 Å². The van der Waals surface area contributed by atoms with Gasteiger partial charge in [-0.15, -0.1) is 0 Å². The van der Waals surface area contributed by atoms with E-state index in [1.165, 1.54) is 18.3 Å². The molecule has 2 aromatic rings. The standard InChI is InChI=1S/C13H10ClNO3/c14-11-3-1-2-9(6-11)8-18-12-7-10(13(16)17)4-5-15-12/h1-7H,8H2,(H,16,17). The Hall–Kier alpha value is -2.07. The van der Waals surface area contributed by atoms with Crippen molar-refractivity contribution in [3.8, 4) is 5.88 Å². The first-order chi connectivity index (χ1) is 8.65. The highest BCUT2D eigenvalue weighted by Gasteiger charge is 2.05. The molecule has 0 saturated heterocycles. The monoisotopic (exact) mass is 263 g/mol. The summed E-state index contributed by atoms with van der Waals surface area (Å²) in [7, 11) is 0. The highest BCUT2D eigenvalue weighted by Crippen LogP contribution is 2.14. The number of ether oxygens (including phenoxy) is 1. The van der Waals surface area contributed by atoms with E-state index in [-0.39, 0.29) is 18.1 Å². The number of carbonyl (C=O) groups is 1. The first kappa shape index (κ1) is 12.4. The molecule has 0 unspecified atom stereocenters. The average Bonchev–Trinajstić information content (AvgIpc) is 2.37. The van der Waals surface area contributed by atoms with Gasteiger partial charge in [0.25, 0.3) is 0 Å². The minimum absolute atomic E-state index is 0.145. The zero-order valence-electron chi connectivity index (χ0n) is 9.34. The second-order valence-electron chi connectivity index (χ2n) is 3.61. The number of carboxylic acids is 1. The maximum Gasteiger partial charge on any atom is 0.335 e. The van der Waals surface area contributed by atoms with Crippen molar-refractivity contribution in [2.45, 2.75) is 6.61 Å². The van der Waals surface area contributed by atoms with Crippen LogP contribution in [-0.4, -0.2) is 16.1 Å². The van der Waals surface area contributed by atoms with Crippen molar-refractivity contribution >= 4 is 17.6 Å². The van der Waals surface area contributed by atoms with Gasteiger partial charge < -0.3 is 9.84 Å². The van der Waals surface area contributed by atoms with Crippen LogP contribution in [-0.2, 0) is 6.61 Å². The van der Waals surface area contributed by atoms with Crippen molar-refractivity contribution in [3.05, 3.63) is 58.7 Å². The molecule has 1 heterocycles. The quantitative estimate of drug-likeness (QED) is 0.921. The second-order valence-corrected chi connectivity index (χ2v) is 4.04. The number of aromatic nitrogens is 1. The van der Waals surface area contributed by atoms with Crippen LogP contribution in [0.25, 0.3) is 0 Å². The van der Waals surface area contributed by atoms with E-state index in [0.717, 1.165) is 5.56 Å². The van der Waals surface area contributed by atoms with Crippen molar-refractivity contribution < 1.29 is 14.6 Å². The molecule has 2 rings (SSSR count). The number of hydrogen-bond acceptors (Lipinski definition) is 3. The van der Waals surface area contributed by atoms with E-state index < -0.39 is 5.97 Å². The van der Waals surface area contributed by atoms with Gasteiger partial charge >= 0.3 is 5.97 Å². The first-order valence-electron chi connectivity index (χ1n) is 5.22.